The maximum Gasteiger partial charge on any atom is 0.157 e. The van der Waals surface area contributed by atoms with Gasteiger partial charge in [-0.3, -0.25) is 0 Å². The van der Waals surface area contributed by atoms with E-state index in [1.165, 1.54) is 11.5 Å². The van der Waals surface area contributed by atoms with Crippen molar-refractivity contribution in [2.45, 2.75) is 18.9 Å². The molecule has 1 aliphatic rings. The number of nitriles is 1. The number of hydrogen-bond donors (Lipinski definition) is 2. The molecule has 1 saturated heterocycles. The molecule has 1 unspecified atom stereocenters. The molecule has 2 heterocycles. The van der Waals surface area contributed by atoms with Crippen LogP contribution in [0.1, 0.15) is 18.9 Å². The quantitative estimate of drug-likeness (QED) is 0.727. The fourth-order valence-corrected chi connectivity index (χ4v) is 2.52. The van der Waals surface area contributed by atoms with Crippen LogP contribution >= 0.6 is 11.5 Å². The predicted molar refractivity (Wildman–Crippen MR) is 58.7 cm³/mol. The summed E-state index contributed by atoms with van der Waals surface area (Å²) in [6.07, 6.45) is 0.704. The number of anilines is 2. The Hall–Kier alpha value is -1.32. The van der Waals surface area contributed by atoms with Gasteiger partial charge in [-0.1, -0.05) is 0 Å². The molecule has 3 N–H and O–H groups in total. The Bertz CT molecular complexity index is 420. The average Bonchev–Trinajstić information content (AvgIpc) is 2.69. The van der Waals surface area contributed by atoms with Gasteiger partial charge in [-0.2, -0.15) is 9.64 Å². The summed E-state index contributed by atoms with van der Waals surface area (Å²) in [5.74, 6) is 0.282. The van der Waals surface area contributed by atoms with E-state index in [-0.39, 0.29) is 5.82 Å². The van der Waals surface area contributed by atoms with Gasteiger partial charge >= 0.3 is 0 Å². The number of rotatable bonds is 1. The number of nitrogens with zero attached hydrogens (tertiary/aromatic N) is 3. The summed E-state index contributed by atoms with van der Waals surface area (Å²) in [5.41, 5.74) is 5.33. The summed E-state index contributed by atoms with van der Waals surface area (Å²) >= 11 is 1.22. The highest BCUT2D eigenvalue weighted by Gasteiger charge is 2.33. The van der Waals surface area contributed by atoms with Crippen molar-refractivity contribution in [3.05, 3.63) is 5.56 Å². The number of β-amino-alcohol motifs (C(OH)–C–C–N with tert-alkyl or cyclic N) is 1. The molecule has 80 valence electrons. The molecular weight excluding hydrogens is 212 g/mol. The smallest absolute Gasteiger partial charge is 0.157 e. The number of aliphatic hydroxyl groups is 1. The van der Waals surface area contributed by atoms with Crippen LogP contribution in [0.3, 0.4) is 0 Å². The monoisotopic (exact) mass is 224 g/mol. The molecule has 0 aromatic carbocycles. The number of nitrogens with two attached hydrogens (primary N) is 1. The Labute approximate surface area is 91.9 Å². The molecule has 1 aliphatic heterocycles. The summed E-state index contributed by atoms with van der Waals surface area (Å²) in [4.78, 5) is 1.96. The molecule has 2 rings (SSSR count). The van der Waals surface area contributed by atoms with E-state index in [4.69, 9.17) is 11.0 Å². The third-order valence-corrected chi connectivity index (χ3v) is 3.47. The van der Waals surface area contributed by atoms with Crippen LogP contribution in [0.15, 0.2) is 0 Å². The average molecular weight is 224 g/mol. The van der Waals surface area contributed by atoms with Gasteiger partial charge in [0.25, 0.3) is 0 Å². The second kappa shape index (κ2) is 3.36. The zero-order valence-electron chi connectivity index (χ0n) is 8.40. The van der Waals surface area contributed by atoms with E-state index >= 15 is 0 Å². The molecule has 0 bridgehead atoms. The van der Waals surface area contributed by atoms with Crippen molar-refractivity contribution in [1.29, 1.82) is 5.26 Å². The minimum atomic E-state index is -0.675. The summed E-state index contributed by atoms with van der Waals surface area (Å²) in [6, 6.07) is 2.05. The van der Waals surface area contributed by atoms with E-state index in [1.54, 1.807) is 6.92 Å². The highest BCUT2D eigenvalue weighted by Crippen LogP contribution is 2.34. The predicted octanol–water partition coefficient (Wildman–Crippen LogP) is 0.558. The third kappa shape index (κ3) is 1.76. The van der Waals surface area contributed by atoms with Crippen LogP contribution in [0, 0.1) is 11.3 Å². The summed E-state index contributed by atoms with van der Waals surface area (Å²) in [6.45, 7) is 3.07. The Morgan fingerprint density at radius 2 is 2.47 bits per heavy atom. The molecule has 5 nitrogen and oxygen atoms in total. The van der Waals surface area contributed by atoms with Gasteiger partial charge in [-0.15, -0.1) is 0 Å². The van der Waals surface area contributed by atoms with Crippen molar-refractivity contribution in [2.24, 2.45) is 0 Å². The molecule has 0 amide bonds. The van der Waals surface area contributed by atoms with E-state index in [9.17, 15) is 5.11 Å². The van der Waals surface area contributed by atoms with Gasteiger partial charge in [0.1, 0.15) is 16.6 Å². The largest absolute Gasteiger partial charge is 0.388 e. The van der Waals surface area contributed by atoms with E-state index in [0.29, 0.717) is 18.5 Å². The van der Waals surface area contributed by atoms with Gasteiger partial charge in [-0.25, -0.2) is 0 Å². The molecule has 6 heteroatoms. The van der Waals surface area contributed by atoms with Crippen molar-refractivity contribution in [3.63, 3.8) is 0 Å². The Balaban J connectivity index is 2.29. The second-order valence-electron chi connectivity index (χ2n) is 4.03. The maximum atomic E-state index is 9.82. The first kappa shape index (κ1) is 10.2. The molecule has 1 atom stereocenters. The van der Waals surface area contributed by atoms with Crippen LogP contribution in [0.5, 0.6) is 0 Å². The van der Waals surface area contributed by atoms with Crippen LogP contribution in [-0.2, 0) is 0 Å². The van der Waals surface area contributed by atoms with Gasteiger partial charge in [0, 0.05) is 13.1 Å². The Kier molecular flexibility index (Phi) is 2.29. The standard InChI is InChI=1S/C9H12N4OS/c1-9(14)2-3-13(5-9)8-6(4-10)7(11)12-15-8/h14H,2-3,5H2,1H3,(H2,11,12). The van der Waals surface area contributed by atoms with Gasteiger partial charge in [0.05, 0.1) is 5.60 Å². The first-order valence-electron chi connectivity index (χ1n) is 4.66. The van der Waals surface area contributed by atoms with Gasteiger partial charge in [0.15, 0.2) is 5.82 Å². The molecule has 0 radical (unpaired) electrons. The normalized spacial score (nSPS) is 25.5. The molecule has 0 saturated carbocycles. The number of nitrogen functional groups attached to an aromatic ring is 1. The number of hydrogen-bond acceptors (Lipinski definition) is 6. The van der Waals surface area contributed by atoms with Crippen LogP contribution < -0.4 is 10.6 Å². The summed E-state index contributed by atoms with van der Waals surface area (Å²) in [5, 5.41) is 19.5. The van der Waals surface area contributed by atoms with Crippen LogP contribution in [0.2, 0.25) is 0 Å². The molecule has 1 aromatic heterocycles. The molecular formula is C9H12N4OS. The first-order chi connectivity index (χ1) is 7.03. The third-order valence-electron chi connectivity index (χ3n) is 2.55. The molecule has 15 heavy (non-hydrogen) atoms. The zero-order chi connectivity index (χ0) is 11.1. The lowest BCUT2D eigenvalue weighted by atomic mass is 10.1. The molecule has 1 aromatic rings. The fourth-order valence-electron chi connectivity index (χ4n) is 1.73. The van der Waals surface area contributed by atoms with Crippen molar-refractivity contribution in [1.82, 2.24) is 4.37 Å². The van der Waals surface area contributed by atoms with Crippen molar-refractivity contribution in [2.75, 3.05) is 23.7 Å². The van der Waals surface area contributed by atoms with Gasteiger partial charge in [0.2, 0.25) is 0 Å². The van der Waals surface area contributed by atoms with Gasteiger partial charge in [-0.05, 0) is 24.9 Å². The van der Waals surface area contributed by atoms with Crippen molar-refractivity contribution < 1.29 is 5.11 Å². The zero-order valence-corrected chi connectivity index (χ0v) is 9.21. The minimum absolute atomic E-state index is 0.282. The van der Waals surface area contributed by atoms with E-state index in [0.717, 1.165) is 11.5 Å². The maximum absolute atomic E-state index is 9.82. The highest BCUT2D eigenvalue weighted by atomic mass is 32.1. The lowest BCUT2D eigenvalue weighted by Crippen LogP contribution is -2.29. The Morgan fingerprint density at radius 1 is 1.73 bits per heavy atom. The van der Waals surface area contributed by atoms with Crippen molar-refractivity contribution in [3.8, 4) is 6.07 Å². The van der Waals surface area contributed by atoms with Crippen LogP contribution in [-0.4, -0.2) is 28.2 Å². The second-order valence-corrected chi connectivity index (χ2v) is 4.78. The fraction of sp³-hybridized carbons (Fsp3) is 0.556. The molecule has 0 aliphatic carbocycles. The highest BCUT2D eigenvalue weighted by molar-refractivity contribution is 7.10. The Morgan fingerprint density at radius 3 is 3.00 bits per heavy atom. The van der Waals surface area contributed by atoms with E-state index in [1.807, 2.05) is 11.0 Å². The molecule has 0 spiro atoms. The number of aromatic nitrogens is 1. The minimum Gasteiger partial charge on any atom is -0.388 e. The summed E-state index contributed by atoms with van der Waals surface area (Å²) in [7, 11) is 0. The van der Waals surface area contributed by atoms with Gasteiger partial charge < -0.3 is 15.7 Å². The summed E-state index contributed by atoms with van der Waals surface area (Å²) < 4.78 is 3.95. The van der Waals surface area contributed by atoms with Crippen LogP contribution in [0.4, 0.5) is 10.8 Å². The SMILES string of the molecule is CC1(O)CCN(c2snc(N)c2C#N)C1. The topological polar surface area (TPSA) is 86.2 Å². The molecule has 1 fully saturated rings. The van der Waals surface area contributed by atoms with E-state index in [2.05, 4.69) is 4.37 Å². The van der Waals surface area contributed by atoms with E-state index < -0.39 is 5.60 Å². The van der Waals surface area contributed by atoms with Crippen molar-refractivity contribution >= 4 is 22.4 Å². The first-order valence-corrected chi connectivity index (χ1v) is 5.43. The lowest BCUT2D eigenvalue weighted by Gasteiger charge is -2.18. The van der Waals surface area contributed by atoms with Crippen LogP contribution in [0.25, 0.3) is 0 Å². The lowest BCUT2D eigenvalue weighted by molar-refractivity contribution is 0.0840.